The summed E-state index contributed by atoms with van der Waals surface area (Å²) in [4.78, 5) is 27.6. The maximum Gasteiger partial charge on any atom is 0.322 e. The van der Waals surface area contributed by atoms with Gasteiger partial charge in [-0.15, -0.1) is 21.5 Å². The number of aryl methyl sites for hydroxylation is 2. The van der Waals surface area contributed by atoms with E-state index in [0.29, 0.717) is 10.5 Å². The van der Waals surface area contributed by atoms with Gasteiger partial charge in [-0.3, -0.25) is 14.8 Å². The Morgan fingerprint density at radius 1 is 1.26 bits per heavy atom. The summed E-state index contributed by atoms with van der Waals surface area (Å²) < 4.78 is 33.5. The van der Waals surface area contributed by atoms with Crippen LogP contribution in [0.25, 0.3) is 21.3 Å². The van der Waals surface area contributed by atoms with E-state index in [2.05, 4.69) is 30.9 Å². The number of nitrogens with one attached hydrogen (secondary N) is 2. The Kier molecular flexibility index (Phi) is 5.20. The lowest BCUT2D eigenvalue weighted by molar-refractivity contribution is -0.120. The fraction of sp³-hybridized carbons (Fsp3) is 0.300. The minimum absolute atomic E-state index is 0.0291. The minimum Gasteiger partial charge on any atom is -0.423 e. The van der Waals surface area contributed by atoms with Crippen LogP contribution in [0.15, 0.2) is 28.8 Å². The first-order valence-corrected chi connectivity index (χ1v) is 12.9. The molecule has 0 aliphatic carbocycles. The molecule has 1 saturated heterocycles. The number of nitrogens with zero attached hydrogens (tertiary/aromatic N) is 5. The number of sulfone groups is 1. The highest BCUT2D eigenvalue weighted by Crippen LogP contribution is 2.36. The fourth-order valence-electron chi connectivity index (χ4n) is 3.81. The quantitative estimate of drug-likeness (QED) is 0.371. The lowest BCUT2D eigenvalue weighted by Crippen LogP contribution is -2.31. The normalized spacial score (nSPS) is 17.2. The number of imide groups is 1. The number of amides is 3. The second kappa shape index (κ2) is 7.99. The van der Waals surface area contributed by atoms with Gasteiger partial charge in [0.25, 0.3) is 5.91 Å². The highest BCUT2D eigenvalue weighted by Gasteiger charge is 2.35. The molecule has 1 fully saturated rings. The number of rotatable bonds is 6. The molecule has 5 rings (SSSR count). The Morgan fingerprint density at radius 3 is 2.71 bits per heavy atom. The number of thiazole rings is 1. The zero-order valence-corrected chi connectivity index (χ0v) is 19.9. The van der Waals surface area contributed by atoms with Gasteiger partial charge in [0.2, 0.25) is 11.8 Å². The van der Waals surface area contributed by atoms with Gasteiger partial charge in [0.05, 0.1) is 22.3 Å². The second-order valence-electron chi connectivity index (χ2n) is 8.00. The number of carbonyl (C=O) groups excluding carboxylic acids is 2. The molecule has 1 aromatic carbocycles. The number of aromatic nitrogens is 5. The molecule has 34 heavy (non-hydrogen) atoms. The first kappa shape index (κ1) is 22.2. The highest BCUT2D eigenvalue weighted by atomic mass is 32.2. The molecule has 12 nitrogen and oxygen atoms in total. The average Bonchev–Trinajstić information content (AvgIpc) is 3.49. The van der Waals surface area contributed by atoms with Crippen molar-refractivity contribution >= 4 is 43.3 Å². The molecule has 0 spiro atoms. The minimum atomic E-state index is -3.73. The standard InChI is InChI=1S/C20H19N7O5S2/c1-9-11(8-27(2)26-9)10-4-5-12-14(6-10)33-19(21-12)16(34(3,30)31)18-25-24-15(32-18)7-13-17(28)23-20(29)22-13/h4-6,8,13,16H,7H2,1-3H3,(H2,22,23,28,29). The van der Waals surface area contributed by atoms with Crippen LogP contribution >= 0.6 is 11.3 Å². The first-order chi connectivity index (χ1) is 16.1. The van der Waals surface area contributed by atoms with Crippen LogP contribution in [0.4, 0.5) is 4.79 Å². The number of hydrogen-bond acceptors (Lipinski definition) is 10. The third-order valence-corrected chi connectivity index (χ3v) is 7.84. The Bertz CT molecular complexity index is 1550. The van der Waals surface area contributed by atoms with Crippen LogP contribution in [-0.4, -0.2) is 57.6 Å². The van der Waals surface area contributed by atoms with Gasteiger partial charge >= 0.3 is 6.03 Å². The maximum absolute atomic E-state index is 12.7. The average molecular weight is 502 g/mol. The largest absolute Gasteiger partial charge is 0.423 e. The first-order valence-electron chi connectivity index (χ1n) is 10.1. The van der Waals surface area contributed by atoms with Crippen LogP contribution < -0.4 is 10.6 Å². The number of fused-ring (bicyclic) bond motifs is 1. The van der Waals surface area contributed by atoms with Crippen LogP contribution in [0, 0.1) is 6.92 Å². The molecule has 2 N–H and O–H groups in total. The van der Waals surface area contributed by atoms with E-state index in [1.54, 1.807) is 4.68 Å². The highest BCUT2D eigenvalue weighted by molar-refractivity contribution is 7.91. The van der Waals surface area contributed by atoms with E-state index in [1.165, 1.54) is 11.3 Å². The third-order valence-electron chi connectivity index (χ3n) is 5.33. The summed E-state index contributed by atoms with van der Waals surface area (Å²) in [6.07, 6.45) is 2.93. The summed E-state index contributed by atoms with van der Waals surface area (Å²) in [6, 6.07) is 4.21. The molecular formula is C20H19N7O5S2. The smallest absolute Gasteiger partial charge is 0.322 e. The van der Waals surface area contributed by atoms with Crippen molar-refractivity contribution in [1.29, 1.82) is 0 Å². The molecule has 14 heteroatoms. The van der Waals surface area contributed by atoms with Gasteiger partial charge in [0.1, 0.15) is 11.0 Å². The topological polar surface area (TPSA) is 162 Å². The molecule has 2 unspecified atom stereocenters. The van der Waals surface area contributed by atoms with Gasteiger partial charge < -0.3 is 9.73 Å². The van der Waals surface area contributed by atoms with Gasteiger partial charge in [0, 0.05) is 25.1 Å². The van der Waals surface area contributed by atoms with Crippen molar-refractivity contribution in [3.8, 4) is 11.1 Å². The van der Waals surface area contributed by atoms with E-state index in [1.807, 2.05) is 38.4 Å². The molecule has 1 aliphatic rings. The van der Waals surface area contributed by atoms with Crippen molar-refractivity contribution in [3.05, 3.63) is 46.9 Å². The molecule has 4 heterocycles. The van der Waals surface area contributed by atoms with E-state index in [9.17, 15) is 18.0 Å². The second-order valence-corrected chi connectivity index (χ2v) is 11.2. The van der Waals surface area contributed by atoms with E-state index >= 15 is 0 Å². The third kappa shape index (κ3) is 4.05. The number of benzene rings is 1. The van der Waals surface area contributed by atoms with E-state index in [-0.39, 0.29) is 18.2 Å². The van der Waals surface area contributed by atoms with E-state index in [4.69, 9.17) is 4.42 Å². The Hall–Kier alpha value is -3.65. The molecular weight excluding hydrogens is 482 g/mol. The van der Waals surface area contributed by atoms with Crippen molar-refractivity contribution in [2.45, 2.75) is 24.6 Å². The van der Waals surface area contributed by atoms with Crippen LogP contribution in [-0.2, 0) is 28.1 Å². The summed E-state index contributed by atoms with van der Waals surface area (Å²) in [6.45, 7) is 1.92. The molecule has 3 aromatic heterocycles. The van der Waals surface area contributed by atoms with Gasteiger partial charge in [-0.25, -0.2) is 18.2 Å². The summed E-state index contributed by atoms with van der Waals surface area (Å²) >= 11 is 1.23. The SMILES string of the molecule is Cc1nn(C)cc1-c1ccc2nc(C(c3nnc(CC4NC(=O)NC4=O)o3)S(C)(=O)=O)sc2c1. The van der Waals surface area contributed by atoms with Crippen molar-refractivity contribution in [1.82, 2.24) is 35.6 Å². The molecule has 2 atom stereocenters. The van der Waals surface area contributed by atoms with Gasteiger partial charge in [-0.1, -0.05) is 6.07 Å². The predicted molar refractivity (Wildman–Crippen MR) is 122 cm³/mol. The number of urea groups is 1. The maximum atomic E-state index is 12.7. The van der Waals surface area contributed by atoms with Crippen LogP contribution in [0.5, 0.6) is 0 Å². The van der Waals surface area contributed by atoms with Crippen molar-refractivity contribution < 1.29 is 22.4 Å². The van der Waals surface area contributed by atoms with Crippen molar-refractivity contribution in [3.63, 3.8) is 0 Å². The molecule has 176 valence electrons. The van der Waals surface area contributed by atoms with Crippen LogP contribution in [0.3, 0.4) is 0 Å². The summed E-state index contributed by atoms with van der Waals surface area (Å²) in [5, 5.41) is 15.7. The molecule has 0 radical (unpaired) electrons. The predicted octanol–water partition coefficient (Wildman–Crippen LogP) is 1.27. The number of hydrogen-bond donors (Lipinski definition) is 2. The van der Waals surface area contributed by atoms with Gasteiger partial charge in [-0.2, -0.15) is 5.10 Å². The van der Waals surface area contributed by atoms with E-state index in [0.717, 1.165) is 27.8 Å². The lowest BCUT2D eigenvalue weighted by atomic mass is 10.1. The summed E-state index contributed by atoms with van der Waals surface area (Å²) in [7, 11) is -1.88. The summed E-state index contributed by atoms with van der Waals surface area (Å²) in [5.41, 5.74) is 3.44. The molecule has 0 bridgehead atoms. The summed E-state index contributed by atoms with van der Waals surface area (Å²) in [5.74, 6) is -0.638. The monoisotopic (exact) mass is 501 g/mol. The van der Waals surface area contributed by atoms with Crippen molar-refractivity contribution in [2.75, 3.05) is 6.26 Å². The Labute approximate surface area is 197 Å². The Balaban J connectivity index is 1.49. The van der Waals surface area contributed by atoms with Crippen LogP contribution in [0.1, 0.15) is 27.7 Å². The fourth-order valence-corrected chi connectivity index (χ4v) is 6.34. The Morgan fingerprint density at radius 2 is 2.06 bits per heavy atom. The van der Waals surface area contributed by atoms with Crippen molar-refractivity contribution in [2.24, 2.45) is 7.05 Å². The molecule has 3 amide bonds. The molecule has 1 aliphatic heterocycles. The lowest BCUT2D eigenvalue weighted by Gasteiger charge is -2.07. The molecule has 4 aromatic rings. The zero-order chi connectivity index (χ0) is 24.2. The van der Waals surface area contributed by atoms with Crippen LogP contribution in [0.2, 0.25) is 0 Å². The van der Waals surface area contributed by atoms with Gasteiger partial charge in [0.15, 0.2) is 15.1 Å². The molecule has 0 saturated carbocycles. The zero-order valence-electron chi connectivity index (χ0n) is 18.3. The number of carbonyl (C=O) groups is 2. The van der Waals surface area contributed by atoms with E-state index < -0.39 is 33.1 Å². The van der Waals surface area contributed by atoms with Gasteiger partial charge in [-0.05, 0) is 24.6 Å².